The molecule has 2 fully saturated rings. The lowest BCUT2D eigenvalue weighted by atomic mass is 9.93. The summed E-state index contributed by atoms with van der Waals surface area (Å²) >= 11 is 0. The van der Waals surface area contributed by atoms with Gasteiger partial charge in [-0.05, 0) is 16.5 Å². The number of carbonyl (C=O) groups is 2. The van der Waals surface area contributed by atoms with Gasteiger partial charge in [-0.3, -0.25) is 19.5 Å². The van der Waals surface area contributed by atoms with Gasteiger partial charge in [0.1, 0.15) is 0 Å². The van der Waals surface area contributed by atoms with Crippen LogP contribution in [0.4, 0.5) is 0 Å². The molecule has 1 atom stereocenters. The summed E-state index contributed by atoms with van der Waals surface area (Å²) in [5, 5.41) is 1.76. The normalized spacial score (nSPS) is 19.2. The van der Waals surface area contributed by atoms with Crippen LogP contribution in [0.2, 0.25) is 0 Å². The van der Waals surface area contributed by atoms with Gasteiger partial charge in [-0.15, -0.1) is 0 Å². The van der Waals surface area contributed by atoms with Gasteiger partial charge < -0.3 is 9.80 Å². The Labute approximate surface area is 246 Å². The molecule has 6 rings (SSSR count). The molecule has 1 unspecified atom stereocenters. The molecule has 0 spiro atoms. The Morgan fingerprint density at radius 1 is 0.762 bits per heavy atom. The molecule has 0 radical (unpaired) electrons. The molecule has 0 bridgehead atoms. The fraction of sp³-hybridized carbons (Fsp3) is 0.303. The summed E-state index contributed by atoms with van der Waals surface area (Å²) in [5.74, 6) is -0.206. The first-order valence-electron chi connectivity index (χ1n) is 14.4. The van der Waals surface area contributed by atoms with Gasteiger partial charge >= 0.3 is 0 Å². The smallest absolute Gasteiger partial charge is 0.256 e. The van der Waals surface area contributed by atoms with Gasteiger partial charge in [0.05, 0.1) is 23.1 Å². The number of nitrogens with zero attached hydrogens (tertiary/aromatic N) is 4. The minimum Gasteiger partial charge on any atom is -0.341 e. The van der Waals surface area contributed by atoms with Crippen molar-refractivity contribution in [3.63, 3.8) is 0 Å². The standard InChI is InChI=1S/C33H34N4O4S/c38-31(35-17-19-42(40,41)20-18-35)21-28-24-36(33(39)30-23-34-22-27-13-7-8-14-29(27)30)15-16-37(28)32(25-9-3-1-4-10-25)26-11-5-2-6-12-26/h1-14,22-23,28,32H,15-21,24H2. The fourth-order valence-electron chi connectivity index (χ4n) is 6.17. The number of hydrogen-bond donors (Lipinski definition) is 0. The van der Waals surface area contributed by atoms with Crippen LogP contribution >= 0.6 is 0 Å². The number of amides is 2. The average molecular weight is 583 g/mol. The predicted molar refractivity (Wildman–Crippen MR) is 163 cm³/mol. The maximum atomic E-state index is 13.9. The number of fused-ring (bicyclic) bond motifs is 1. The first kappa shape index (κ1) is 28.1. The van der Waals surface area contributed by atoms with Gasteiger partial charge in [-0.2, -0.15) is 0 Å². The molecule has 2 saturated heterocycles. The van der Waals surface area contributed by atoms with E-state index in [-0.39, 0.29) is 54.9 Å². The van der Waals surface area contributed by atoms with Crippen molar-refractivity contribution >= 4 is 32.4 Å². The van der Waals surface area contributed by atoms with E-state index in [1.54, 1.807) is 17.3 Å². The van der Waals surface area contributed by atoms with E-state index < -0.39 is 9.84 Å². The van der Waals surface area contributed by atoms with Crippen molar-refractivity contribution in [3.8, 4) is 0 Å². The van der Waals surface area contributed by atoms with E-state index in [0.29, 0.717) is 25.2 Å². The van der Waals surface area contributed by atoms with Crippen molar-refractivity contribution in [1.82, 2.24) is 19.7 Å². The number of carbonyl (C=O) groups excluding carboxylic acids is 2. The minimum absolute atomic E-state index is 0.0114. The first-order valence-corrected chi connectivity index (χ1v) is 16.2. The maximum absolute atomic E-state index is 13.9. The third-order valence-corrected chi connectivity index (χ3v) is 9.99. The largest absolute Gasteiger partial charge is 0.341 e. The topological polar surface area (TPSA) is 90.9 Å². The van der Waals surface area contributed by atoms with Crippen molar-refractivity contribution in [2.24, 2.45) is 0 Å². The molecule has 0 N–H and O–H groups in total. The van der Waals surface area contributed by atoms with Crippen LogP contribution in [0.1, 0.15) is 33.9 Å². The summed E-state index contributed by atoms with van der Waals surface area (Å²) in [6, 6.07) is 27.8. The molecule has 0 saturated carbocycles. The second-order valence-corrected chi connectivity index (χ2v) is 13.3. The van der Waals surface area contributed by atoms with E-state index in [1.807, 2.05) is 65.6 Å². The van der Waals surface area contributed by atoms with Crippen LogP contribution in [0.3, 0.4) is 0 Å². The van der Waals surface area contributed by atoms with Crippen molar-refractivity contribution in [3.05, 3.63) is 114 Å². The zero-order valence-corrected chi connectivity index (χ0v) is 24.2. The number of piperazine rings is 1. The summed E-state index contributed by atoms with van der Waals surface area (Å²) in [7, 11) is -3.11. The Bertz CT molecular complexity index is 1620. The first-order chi connectivity index (χ1) is 20.4. The molecular formula is C33H34N4O4S. The van der Waals surface area contributed by atoms with Crippen molar-refractivity contribution in [2.45, 2.75) is 18.5 Å². The summed E-state index contributed by atoms with van der Waals surface area (Å²) in [5.41, 5.74) is 2.78. The molecule has 9 heteroatoms. The lowest BCUT2D eigenvalue weighted by Gasteiger charge is -2.46. The fourth-order valence-corrected chi connectivity index (χ4v) is 7.37. The lowest BCUT2D eigenvalue weighted by Crippen LogP contribution is -2.57. The van der Waals surface area contributed by atoms with Gasteiger partial charge in [-0.1, -0.05) is 84.9 Å². The Balaban J connectivity index is 1.33. The van der Waals surface area contributed by atoms with Gasteiger partial charge in [-0.25, -0.2) is 8.42 Å². The van der Waals surface area contributed by atoms with Gasteiger partial charge in [0.15, 0.2) is 9.84 Å². The molecule has 3 heterocycles. The maximum Gasteiger partial charge on any atom is 0.256 e. The van der Waals surface area contributed by atoms with E-state index in [0.717, 1.165) is 21.9 Å². The van der Waals surface area contributed by atoms with Crippen molar-refractivity contribution in [2.75, 3.05) is 44.2 Å². The number of benzene rings is 3. The highest BCUT2D eigenvalue weighted by Crippen LogP contribution is 2.34. The molecule has 42 heavy (non-hydrogen) atoms. The van der Waals surface area contributed by atoms with Crippen molar-refractivity contribution < 1.29 is 18.0 Å². The highest BCUT2D eigenvalue weighted by molar-refractivity contribution is 7.91. The highest BCUT2D eigenvalue weighted by atomic mass is 32.2. The highest BCUT2D eigenvalue weighted by Gasteiger charge is 2.38. The zero-order valence-electron chi connectivity index (χ0n) is 23.4. The Morgan fingerprint density at radius 3 is 2.05 bits per heavy atom. The summed E-state index contributed by atoms with van der Waals surface area (Å²) < 4.78 is 24.0. The number of pyridine rings is 1. The quantitative estimate of drug-likeness (QED) is 0.344. The van der Waals surface area contributed by atoms with Crippen LogP contribution in [0.25, 0.3) is 10.8 Å². The zero-order chi connectivity index (χ0) is 29.1. The molecule has 2 aliphatic heterocycles. The van der Waals surface area contributed by atoms with Crippen molar-refractivity contribution in [1.29, 1.82) is 0 Å². The summed E-state index contributed by atoms with van der Waals surface area (Å²) in [4.78, 5) is 37.7. The van der Waals surface area contributed by atoms with E-state index in [4.69, 9.17) is 0 Å². The minimum atomic E-state index is -3.11. The molecule has 2 amide bonds. The SMILES string of the molecule is O=C(CC1CN(C(=O)c2cncc3ccccc23)CCN1C(c1ccccc1)c1ccccc1)N1CCS(=O)(=O)CC1. The third-order valence-electron chi connectivity index (χ3n) is 8.38. The van der Waals surface area contributed by atoms with Crippen LogP contribution < -0.4 is 0 Å². The number of aromatic nitrogens is 1. The monoisotopic (exact) mass is 582 g/mol. The van der Waals surface area contributed by atoms with Gasteiger partial charge in [0.25, 0.3) is 5.91 Å². The van der Waals surface area contributed by atoms with E-state index in [2.05, 4.69) is 34.1 Å². The second-order valence-electron chi connectivity index (χ2n) is 11.0. The van der Waals surface area contributed by atoms with Crippen LogP contribution in [0.5, 0.6) is 0 Å². The average Bonchev–Trinajstić information content (AvgIpc) is 3.02. The number of rotatable bonds is 6. The molecule has 1 aromatic heterocycles. The molecule has 3 aromatic carbocycles. The van der Waals surface area contributed by atoms with Crippen LogP contribution in [-0.2, 0) is 14.6 Å². The van der Waals surface area contributed by atoms with Crippen LogP contribution in [0, 0.1) is 0 Å². The van der Waals surface area contributed by atoms with E-state index >= 15 is 0 Å². The Hall–Kier alpha value is -4.08. The van der Waals surface area contributed by atoms with E-state index in [9.17, 15) is 18.0 Å². The Kier molecular flexibility index (Phi) is 8.04. The van der Waals surface area contributed by atoms with Crippen LogP contribution in [0.15, 0.2) is 97.3 Å². The third kappa shape index (κ3) is 5.93. The molecule has 4 aromatic rings. The van der Waals surface area contributed by atoms with Gasteiger partial charge in [0, 0.05) is 63.0 Å². The molecule has 2 aliphatic rings. The summed E-state index contributed by atoms with van der Waals surface area (Å²) in [6.07, 6.45) is 3.57. The summed E-state index contributed by atoms with van der Waals surface area (Å²) in [6.45, 7) is 1.86. The predicted octanol–water partition coefficient (Wildman–Crippen LogP) is 3.80. The Morgan fingerprint density at radius 2 is 1.38 bits per heavy atom. The number of hydrogen-bond acceptors (Lipinski definition) is 6. The molecule has 0 aliphatic carbocycles. The van der Waals surface area contributed by atoms with E-state index in [1.165, 1.54) is 0 Å². The van der Waals surface area contributed by atoms with Crippen LogP contribution in [-0.4, -0.2) is 90.2 Å². The second kappa shape index (κ2) is 12.0. The molecule has 216 valence electrons. The van der Waals surface area contributed by atoms with Gasteiger partial charge in [0.2, 0.25) is 5.91 Å². The molecule has 8 nitrogen and oxygen atoms in total. The number of sulfone groups is 1. The molecular weight excluding hydrogens is 548 g/mol. The lowest BCUT2D eigenvalue weighted by molar-refractivity contribution is -0.133.